The van der Waals surface area contributed by atoms with Gasteiger partial charge in [0.25, 0.3) is 0 Å². The summed E-state index contributed by atoms with van der Waals surface area (Å²) in [7, 11) is 0. The van der Waals surface area contributed by atoms with Crippen LogP contribution in [0, 0.1) is 11.3 Å². The molecular formula is C18H34N2O. The second-order valence-electron chi connectivity index (χ2n) is 8.13. The summed E-state index contributed by atoms with van der Waals surface area (Å²) in [4.78, 5) is 5.39. The fraction of sp³-hybridized carbons (Fsp3) is 1.00. The fourth-order valence-electron chi connectivity index (χ4n) is 5.12. The van der Waals surface area contributed by atoms with Crippen LogP contribution in [-0.2, 0) is 0 Å². The predicted octanol–water partition coefficient (Wildman–Crippen LogP) is 2.74. The highest BCUT2D eigenvalue weighted by Crippen LogP contribution is 2.40. The molecule has 1 saturated carbocycles. The maximum Gasteiger partial charge on any atom is 0.0499 e. The second kappa shape index (κ2) is 6.97. The summed E-state index contributed by atoms with van der Waals surface area (Å²) in [5, 5.41) is 10.00. The van der Waals surface area contributed by atoms with Crippen LogP contribution in [0.5, 0.6) is 0 Å². The van der Waals surface area contributed by atoms with Crippen LogP contribution in [-0.4, -0.2) is 60.3 Å². The van der Waals surface area contributed by atoms with Crippen molar-refractivity contribution in [3.8, 4) is 0 Å². The van der Waals surface area contributed by atoms with E-state index >= 15 is 0 Å². The van der Waals surface area contributed by atoms with Crippen LogP contribution in [0.4, 0.5) is 0 Å². The Labute approximate surface area is 130 Å². The molecule has 2 saturated heterocycles. The number of hydrogen-bond donors (Lipinski definition) is 1. The molecule has 0 aromatic carbocycles. The van der Waals surface area contributed by atoms with Crippen molar-refractivity contribution in [3.05, 3.63) is 0 Å². The van der Waals surface area contributed by atoms with E-state index in [0.717, 1.165) is 18.5 Å². The van der Waals surface area contributed by atoms with Crippen LogP contribution in [0.1, 0.15) is 58.3 Å². The maximum absolute atomic E-state index is 10.00. The van der Waals surface area contributed by atoms with Crippen molar-refractivity contribution in [2.45, 2.75) is 64.3 Å². The monoisotopic (exact) mass is 294 g/mol. The number of piperidine rings is 1. The van der Waals surface area contributed by atoms with Gasteiger partial charge in [-0.25, -0.2) is 0 Å². The zero-order valence-corrected chi connectivity index (χ0v) is 13.9. The number of hydrogen-bond acceptors (Lipinski definition) is 3. The molecule has 3 unspecified atom stereocenters. The smallest absolute Gasteiger partial charge is 0.0499 e. The largest absolute Gasteiger partial charge is 0.396 e. The van der Waals surface area contributed by atoms with Crippen molar-refractivity contribution >= 4 is 0 Å². The van der Waals surface area contributed by atoms with Gasteiger partial charge in [-0.15, -0.1) is 0 Å². The zero-order valence-electron chi connectivity index (χ0n) is 13.9. The number of aliphatic hydroxyl groups is 1. The average molecular weight is 294 g/mol. The van der Waals surface area contributed by atoms with E-state index in [9.17, 15) is 5.11 Å². The minimum absolute atomic E-state index is 0.203. The Morgan fingerprint density at radius 3 is 2.57 bits per heavy atom. The molecule has 0 amide bonds. The molecule has 3 fully saturated rings. The molecule has 21 heavy (non-hydrogen) atoms. The minimum atomic E-state index is 0.203. The van der Waals surface area contributed by atoms with E-state index in [1.165, 1.54) is 77.5 Å². The van der Waals surface area contributed by atoms with Crippen LogP contribution < -0.4 is 0 Å². The third-order valence-corrected chi connectivity index (χ3v) is 6.23. The summed E-state index contributed by atoms with van der Waals surface area (Å²) in [6, 6.07) is 0.794. The minimum Gasteiger partial charge on any atom is -0.396 e. The molecule has 1 aliphatic carbocycles. The molecule has 3 heteroatoms. The Morgan fingerprint density at radius 2 is 1.86 bits per heavy atom. The second-order valence-corrected chi connectivity index (χ2v) is 8.13. The molecule has 3 aliphatic rings. The van der Waals surface area contributed by atoms with Crippen LogP contribution in [0.25, 0.3) is 0 Å². The molecule has 3 rings (SSSR count). The van der Waals surface area contributed by atoms with Crippen LogP contribution in [0.15, 0.2) is 0 Å². The van der Waals surface area contributed by atoms with Crippen LogP contribution in [0.3, 0.4) is 0 Å². The van der Waals surface area contributed by atoms with Crippen molar-refractivity contribution in [2.24, 2.45) is 11.3 Å². The van der Waals surface area contributed by atoms with E-state index < -0.39 is 0 Å². The van der Waals surface area contributed by atoms with Crippen LogP contribution >= 0.6 is 0 Å². The summed E-state index contributed by atoms with van der Waals surface area (Å²) < 4.78 is 0. The fourth-order valence-corrected chi connectivity index (χ4v) is 5.12. The molecule has 2 aliphatic heterocycles. The normalized spacial score (nSPS) is 39.7. The number of rotatable bonds is 4. The third kappa shape index (κ3) is 3.80. The standard InChI is InChI=1S/C18H34N2O/c1-16-6-5-8-18(12-16,15-21)14-19-11-7-17(13-19)20-9-3-2-4-10-20/h16-17,21H,2-15H2,1H3. The van der Waals surface area contributed by atoms with E-state index in [4.69, 9.17) is 0 Å². The molecule has 2 heterocycles. The summed E-state index contributed by atoms with van der Waals surface area (Å²) in [6.45, 7) is 9.03. The van der Waals surface area contributed by atoms with Crippen LogP contribution in [0.2, 0.25) is 0 Å². The van der Waals surface area contributed by atoms with Gasteiger partial charge in [0.2, 0.25) is 0 Å². The molecule has 0 bridgehead atoms. The highest BCUT2D eigenvalue weighted by atomic mass is 16.3. The zero-order chi connectivity index (χ0) is 14.7. The average Bonchev–Trinajstić information content (AvgIpc) is 2.96. The molecule has 3 atom stereocenters. The van der Waals surface area contributed by atoms with Gasteiger partial charge in [0.1, 0.15) is 0 Å². The Kier molecular flexibility index (Phi) is 5.23. The molecule has 0 radical (unpaired) electrons. The van der Waals surface area contributed by atoms with Gasteiger partial charge in [-0.3, -0.25) is 4.90 Å². The third-order valence-electron chi connectivity index (χ3n) is 6.23. The quantitative estimate of drug-likeness (QED) is 0.863. The summed E-state index contributed by atoms with van der Waals surface area (Å²) >= 11 is 0. The first-order valence-corrected chi connectivity index (χ1v) is 9.28. The Bertz CT molecular complexity index is 329. The van der Waals surface area contributed by atoms with E-state index in [2.05, 4.69) is 16.7 Å². The first-order chi connectivity index (χ1) is 10.2. The van der Waals surface area contributed by atoms with Crippen molar-refractivity contribution < 1.29 is 5.11 Å². The van der Waals surface area contributed by atoms with Gasteiger partial charge in [-0.05, 0) is 57.7 Å². The van der Waals surface area contributed by atoms with E-state index in [0.29, 0.717) is 6.61 Å². The molecular weight excluding hydrogens is 260 g/mol. The highest BCUT2D eigenvalue weighted by Gasteiger charge is 2.38. The van der Waals surface area contributed by atoms with E-state index in [1.807, 2.05) is 0 Å². The van der Waals surface area contributed by atoms with Gasteiger partial charge in [0.15, 0.2) is 0 Å². The molecule has 0 aromatic rings. The SMILES string of the molecule is CC1CCCC(CO)(CN2CCC(N3CCCCC3)C2)C1. The molecule has 3 nitrogen and oxygen atoms in total. The van der Waals surface area contributed by atoms with Crippen molar-refractivity contribution in [1.29, 1.82) is 0 Å². The lowest BCUT2D eigenvalue weighted by atomic mass is 9.70. The number of aliphatic hydroxyl groups excluding tert-OH is 1. The summed E-state index contributed by atoms with van der Waals surface area (Å²) in [5.74, 6) is 0.798. The van der Waals surface area contributed by atoms with E-state index in [1.54, 1.807) is 0 Å². The van der Waals surface area contributed by atoms with Gasteiger partial charge in [-0.2, -0.15) is 0 Å². The van der Waals surface area contributed by atoms with Gasteiger partial charge in [0.05, 0.1) is 0 Å². The summed E-state index contributed by atoms with van der Waals surface area (Å²) in [5.41, 5.74) is 0.203. The Morgan fingerprint density at radius 1 is 1.05 bits per heavy atom. The first kappa shape index (κ1) is 15.8. The van der Waals surface area contributed by atoms with Crippen molar-refractivity contribution in [3.63, 3.8) is 0 Å². The lowest BCUT2D eigenvalue weighted by Gasteiger charge is -2.41. The maximum atomic E-state index is 10.00. The topological polar surface area (TPSA) is 26.7 Å². The molecule has 0 spiro atoms. The van der Waals surface area contributed by atoms with Gasteiger partial charge in [-0.1, -0.05) is 26.2 Å². The molecule has 122 valence electrons. The molecule has 1 N–H and O–H groups in total. The van der Waals surface area contributed by atoms with Crippen molar-refractivity contribution in [1.82, 2.24) is 9.80 Å². The number of nitrogens with zero attached hydrogens (tertiary/aromatic N) is 2. The summed E-state index contributed by atoms with van der Waals surface area (Å²) in [6.07, 6.45) is 10.7. The van der Waals surface area contributed by atoms with Gasteiger partial charge in [0, 0.05) is 31.2 Å². The first-order valence-electron chi connectivity index (χ1n) is 9.28. The Balaban J connectivity index is 1.53. The number of likely N-dealkylation sites (tertiary alicyclic amines) is 2. The highest BCUT2D eigenvalue weighted by molar-refractivity contribution is 4.92. The van der Waals surface area contributed by atoms with Crippen molar-refractivity contribution in [2.75, 3.05) is 39.3 Å². The predicted molar refractivity (Wildman–Crippen MR) is 87.4 cm³/mol. The Hall–Kier alpha value is -0.120. The lowest BCUT2D eigenvalue weighted by Crippen LogP contribution is -2.45. The molecule has 0 aromatic heterocycles. The lowest BCUT2D eigenvalue weighted by molar-refractivity contribution is 0.0278. The van der Waals surface area contributed by atoms with Gasteiger partial charge < -0.3 is 10.0 Å². The van der Waals surface area contributed by atoms with E-state index in [-0.39, 0.29) is 5.41 Å². The van der Waals surface area contributed by atoms with Gasteiger partial charge >= 0.3 is 0 Å².